The van der Waals surface area contributed by atoms with Crippen molar-refractivity contribution in [3.8, 4) is 10.4 Å². The molecule has 0 unspecified atom stereocenters. The average molecular weight is 550 g/mol. The van der Waals surface area contributed by atoms with Gasteiger partial charge in [0.25, 0.3) is 5.91 Å². The van der Waals surface area contributed by atoms with Crippen LogP contribution in [0.2, 0.25) is 0 Å². The van der Waals surface area contributed by atoms with Crippen LogP contribution in [0.25, 0.3) is 10.4 Å². The number of nitrogens with one attached hydrogen (secondary N) is 1. The molecule has 184 valence electrons. The molecule has 2 aromatic heterocycles. The predicted molar refractivity (Wildman–Crippen MR) is 138 cm³/mol. The number of thiazole rings is 1. The van der Waals surface area contributed by atoms with Crippen LogP contribution in [0.5, 0.6) is 0 Å². The van der Waals surface area contributed by atoms with Crippen LogP contribution in [0.3, 0.4) is 0 Å². The quantitative estimate of drug-likeness (QED) is 0.455. The molecule has 1 saturated carbocycles. The van der Waals surface area contributed by atoms with E-state index in [0.29, 0.717) is 27.9 Å². The summed E-state index contributed by atoms with van der Waals surface area (Å²) in [6.07, 6.45) is 3.68. The standard InChI is InChI=1S/C26H29N3O4S2.K/c1-15(2)29(25(31)18-6-4-16(3)5-7-18)21-12-22(35-23(21)26(32)33)17-8-10-19(11-9-17)28-24(30)20-13-34-14-27-20;/h8-16,18H,4-7H2,1-3H3,(H,28,30)(H,32,33);/q;+1/p-1. The fraction of sp³-hybridized carbons (Fsp3) is 0.385. The second kappa shape index (κ2) is 12.9. The number of benzene rings is 1. The number of thiophene rings is 1. The van der Waals surface area contributed by atoms with E-state index >= 15 is 0 Å². The van der Waals surface area contributed by atoms with Crippen LogP contribution < -0.4 is 66.7 Å². The first-order chi connectivity index (χ1) is 16.7. The first-order valence-corrected chi connectivity index (χ1v) is 13.5. The van der Waals surface area contributed by atoms with E-state index in [0.717, 1.165) is 42.6 Å². The Morgan fingerprint density at radius 2 is 1.78 bits per heavy atom. The molecule has 36 heavy (non-hydrogen) atoms. The molecule has 10 heteroatoms. The zero-order valence-electron chi connectivity index (χ0n) is 20.9. The van der Waals surface area contributed by atoms with Crippen LogP contribution in [0.1, 0.15) is 66.6 Å². The van der Waals surface area contributed by atoms with Gasteiger partial charge in [-0.05, 0) is 69.2 Å². The molecular formula is C26H28KN3O4S2. The Kier molecular flexibility index (Phi) is 10.5. The molecule has 0 bridgehead atoms. The van der Waals surface area contributed by atoms with Crippen molar-refractivity contribution in [1.82, 2.24) is 4.98 Å². The molecule has 2 heterocycles. The van der Waals surface area contributed by atoms with Gasteiger partial charge in [-0.1, -0.05) is 19.1 Å². The van der Waals surface area contributed by atoms with Crippen LogP contribution in [0.15, 0.2) is 41.2 Å². The molecule has 2 amide bonds. The fourth-order valence-electron chi connectivity index (χ4n) is 4.44. The third kappa shape index (κ3) is 6.72. The van der Waals surface area contributed by atoms with Gasteiger partial charge in [0.15, 0.2) is 0 Å². The number of aromatic nitrogens is 1. The summed E-state index contributed by atoms with van der Waals surface area (Å²) in [7, 11) is 0. The number of nitrogens with zero attached hydrogens (tertiary/aromatic N) is 2. The third-order valence-corrected chi connectivity index (χ3v) is 8.11. The van der Waals surface area contributed by atoms with Crippen molar-refractivity contribution in [3.05, 3.63) is 51.8 Å². The summed E-state index contributed by atoms with van der Waals surface area (Å²) in [5.41, 5.74) is 3.74. The topological polar surface area (TPSA) is 102 Å². The molecule has 3 aromatic rings. The Labute approximate surface area is 261 Å². The van der Waals surface area contributed by atoms with Gasteiger partial charge in [0.05, 0.1) is 22.0 Å². The number of carboxylic acids is 1. The van der Waals surface area contributed by atoms with E-state index in [1.54, 1.807) is 34.0 Å². The van der Waals surface area contributed by atoms with Crippen LogP contribution in [-0.4, -0.2) is 28.8 Å². The molecule has 0 aliphatic heterocycles. The van der Waals surface area contributed by atoms with E-state index in [9.17, 15) is 19.5 Å². The molecule has 4 rings (SSSR count). The second-order valence-corrected chi connectivity index (χ2v) is 11.0. The van der Waals surface area contributed by atoms with Crippen molar-refractivity contribution in [2.24, 2.45) is 11.8 Å². The average Bonchev–Trinajstić information content (AvgIpc) is 3.51. The number of carbonyl (C=O) groups is 3. The molecular weight excluding hydrogens is 522 g/mol. The molecule has 1 aliphatic carbocycles. The Bertz CT molecular complexity index is 1200. The van der Waals surface area contributed by atoms with Crippen molar-refractivity contribution >= 4 is 51.8 Å². The number of rotatable bonds is 7. The summed E-state index contributed by atoms with van der Waals surface area (Å²) >= 11 is 2.44. The number of hydrogen-bond donors (Lipinski definition) is 1. The maximum Gasteiger partial charge on any atom is 1.00 e. The van der Waals surface area contributed by atoms with Crippen molar-refractivity contribution in [3.63, 3.8) is 0 Å². The van der Waals surface area contributed by atoms with Gasteiger partial charge in [0, 0.05) is 27.9 Å². The molecule has 7 nitrogen and oxygen atoms in total. The summed E-state index contributed by atoms with van der Waals surface area (Å²) in [5, 5.41) is 16.5. The van der Waals surface area contributed by atoms with Crippen LogP contribution in [-0.2, 0) is 4.79 Å². The zero-order chi connectivity index (χ0) is 25.1. The Hall–Kier alpha value is -1.40. The van der Waals surface area contributed by atoms with Crippen LogP contribution in [0, 0.1) is 11.8 Å². The maximum absolute atomic E-state index is 13.5. The Morgan fingerprint density at radius 1 is 1.11 bits per heavy atom. The smallest absolute Gasteiger partial charge is 0.544 e. The zero-order valence-corrected chi connectivity index (χ0v) is 25.7. The Morgan fingerprint density at radius 3 is 2.33 bits per heavy atom. The van der Waals surface area contributed by atoms with Crippen molar-refractivity contribution < 1.29 is 70.9 Å². The molecule has 1 fully saturated rings. The second-order valence-electron chi connectivity index (χ2n) is 9.28. The van der Waals surface area contributed by atoms with E-state index < -0.39 is 5.97 Å². The van der Waals surface area contributed by atoms with Gasteiger partial charge >= 0.3 is 51.4 Å². The van der Waals surface area contributed by atoms with Gasteiger partial charge in [-0.25, -0.2) is 4.98 Å². The van der Waals surface area contributed by atoms with Gasteiger partial charge in [0.2, 0.25) is 5.91 Å². The number of anilines is 2. The summed E-state index contributed by atoms with van der Waals surface area (Å²) in [6, 6.07) is 8.72. The summed E-state index contributed by atoms with van der Waals surface area (Å²) < 4.78 is 0. The summed E-state index contributed by atoms with van der Waals surface area (Å²) in [6.45, 7) is 6.01. The van der Waals surface area contributed by atoms with E-state index in [4.69, 9.17) is 0 Å². The van der Waals surface area contributed by atoms with E-state index in [1.807, 2.05) is 26.0 Å². The molecule has 0 atom stereocenters. The normalized spacial score (nSPS) is 17.3. The summed E-state index contributed by atoms with van der Waals surface area (Å²) in [4.78, 5) is 44.1. The largest absolute Gasteiger partial charge is 1.00 e. The van der Waals surface area contributed by atoms with E-state index in [1.165, 1.54) is 11.3 Å². The number of aromatic carboxylic acids is 1. The van der Waals surface area contributed by atoms with Crippen molar-refractivity contribution in [1.29, 1.82) is 0 Å². The Balaban J connectivity index is 0.00000361. The number of hydrogen-bond acceptors (Lipinski definition) is 7. The molecule has 1 aliphatic rings. The fourth-order valence-corrected chi connectivity index (χ4v) is 5.96. The molecule has 0 radical (unpaired) electrons. The maximum atomic E-state index is 13.5. The number of amides is 2. The van der Waals surface area contributed by atoms with Gasteiger partial charge < -0.3 is 20.1 Å². The monoisotopic (exact) mass is 549 g/mol. The first-order valence-electron chi connectivity index (χ1n) is 11.7. The minimum Gasteiger partial charge on any atom is -0.544 e. The van der Waals surface area contributed by atoms with Gasteiger partial charge in [-0.3, -0.25) is 9.59 Å². The molecule has 1 N–H and O–H groups in total. The SMILES string of the molecule is CC1CCC(C(=O)N(c2cc(-c3ccc(NC(=O)c4cscn4)cc3)sc2C(=O)[O-])C(C)C)CC1.[K+]. The molecule has 0 spiro atoms. The van der Waals surface area contributed by atoms with E-state index in [2.05, 4.69) is 17.2 Å². The van der Waals surface area contributed by atoms with Gasteiger partial charge in [0.1, 0.15) is 5.69 Å². The predicted octanol–water partition coefficient (Wildman–Crippen LogP) is 2.06. The van der Waals surface area contributed by atoms with E-state index in [-0.39, 0.29) is 80.0 Å². The first kappa shape index (κ1) is 29.2. The minimum atomic E-state index is -1.29. The number of carbonyl (C=O) groups excluding carboxylic acids is 3. The third-order valence-electron chi connectivity index (χ3n) is 6.37. The van der Waals surface area contributed by atoms with Crippen LogP contribution >= 0.6 is 22.7 Å². The molecule has 1 aromatic carbocycles. The van der Waals surface area contributed by atoms with Crippen molar-refractivity contribution in [2.75, 3.05) is 10.2 Å². The van der Waals surface area contributed by atoms with Crippen molar-refractivity contribution in [2.45, 2.75) is 52.5 Å². The van der Waals surface area contributed by atoms with Gasteiger partial charge in [-0.15, -0.1) is 22.7 Å². The number of carboxylic acid groups (broad SMARTS) is 1. The minimum absolute atomic E-state index is 0. The van der Waals surface area contributed by atoms with Gasteiger partial charge in [-0.2, -0.15) is 0 Å². The van der Waals surface area contributed by atoms with Crippen LogP contribution in [0.4, 0.5) is 11.4 Å². The molecule has 0 saturated heterocycles. The summed E-state index contributed by atoms with van der Waals surface area (Å²) in [5.74, 6) is -1.07.